The summed E-state index contributed by atoms with van der Waals surface area (Å²) < 4.78 is 12.4. The van der Waals surface area contributed by atoms with Crippen LogP contribution in [0.5, 0.6) is 0 Å². The maximum atomic E-state index is 12.4. The zero-order valence-electron chi connectivity index (χ0n) is 8.36. The number of nitrogens with one attached hydrogen (secondary N) is 1. The van der Waals surface area contributed by atoms with E-state index in [1.54, 1.807) is 6.92 Å². The first-order chi connectivity index (χ1) is 5.52. The third kappa shape index (κ3) is 7.73. The van der Waals surface area contributed by atoms with E-state index in [0.717, 1.165) is 18.5 Å². The van der Waals surface area contributed by atoms with Crippen LogP contribution in [0.3, 0.4) is 0 Å². The monoisotopic (exact) mass is 173 g/mol. The first-order valence-electron chi connectivity index (χ1n) is 4.56. The maximum absolute atomic E-state index is 12.4. The van der Waals surface area contributed by atoms with Gasteiger partial charge in [0.25, 0.3) is 0 Å². The summed E-state index contributed by atoms with van der Waals surface area (Å²) in [5, 5.41) is 3.25. The van der Waals surface area contributed by atoms with Crippen molar-refractivity contribution < 1.29 is 4.39 Å². The Morgan fingerprint density at radius 3 is 2.42 bits per heavy atom. The smallest absolute Gasteiger partial charge is 0.0976 e. The van der Waals surface area contributed by atoms with E-state index >= 15 is 0 Å². The molecule has 2 heteroatoms. The molecule has 1 unspecified atom stereocenters. The Bertz CT molecular complexity index is 116. The molecule has 0 aromatic rings. The van der Waals surface area contributed by atoms with Crippen molar-refractivity contribution in [2.75, 3.05) is 6.54 Å². The number of hydrogen-bond donors (Lipinski definition) is 1. The highest BCUT2D eigenvalue weighted by molar-refractivity contribution is 4.97. The molecule has 0 heterocycles. The van der Waals surface area contributed by atoms with Gasteiger partial charge in [-0.1, -0.05) is 26.0 Å². The Morgan fingerprint density at radius 1 is 1.42 bits per heavy atom. The fraction of sp³-hybridized carbons (Fsp3) is 0.800. The minimum absolute atomic E-state index is 0.476. The lowest BCUT2D eigenvalue weighted by atomic mass is 10.1. The molecule has 0 aliphatic rings. The van der Waals surface area contributed by atoms with Gasteiger partial charge in [-0.25, -0.2) is 4.39 Å². The average Bonchev–Trinajstić information content (AvgIpc) is 1.96. The first-order valence-corrected chi connectivity index (χ1v) is 4.56. The van der Waals surface area contributed by atoms with Crippen LogP contribution in [0.4, 0.5) is 4.39 Å². The molecule has 0 radical (unpaired) electrons. The number of halogens is 1. The van der Waals surface area contributed by atoms with Gasteiger partial charge in [-0.3, -0.25) is 0 Å². The summed E-state index contributed by atoms with van der Waals surface area (Å²) >= 11 is 0. The van der Waals surface area contributed by atoms with E-state index in [2.05, 4.69) is 25.7 Å². The Kier molecular flexibility index (Phi) is 5.99. The Labute approximate surface area is 75.0 Å². The zero-order valence-corrected chi connectivity index (χ0v) is 8.36. The van der Waals surface area contributed by atoms with Crippen molar-refractivity contribution in [1.82, 2.24) is 5.32 Å². The molecule has 1 atom stereocenters. The van der Waals surface area contributed by atoms with Gasteiger partial charge in [0.2, 0.25) is 0 Å². The fourth-order valence-electron chi connectivity index (χ4n) is 0.840. The summed E-state index contributed by atoms with van der Waals surface area (Å²) in [5.41, 5.74) is 1.09. The predicted molar refractivity (Wildman–Crippen MR) is 52.1 cm³/mol. The summed E-state index contributed by atoms with van der Waals surface area (Å²) in [6.07, 6.45) is 0.677. The van der Waals surface area contributed by atoms with Crippen molar-refractivity contribution >= 4 is 0 Å². The molecule has 0 aromatic carbocycles. The van der Waals surface area contributed by atoms with Crippen LogP contribution in [0.2, 0.25) is 0 Å². The van der Waals surface area contributed by atoms with Crippen LogP contribution in [0.25, 0.3) is 0 Å². The molecule has 0 saturated carbocycles. The van der Waals surface area contributed by atoms with Crippen molar-refractivity contribution in [1.29, 1.82) is 0 Å². The van der Waals surface area contributed by atoms with Crippen molar-refractivity contribution in [3.8, 4) is 0 Å². The second kappa shape index (κ2) is 6.18. The van der Waals surface area contributed by atoms with Crippen molar-refractivity contribution in [3.05, 3.63) is 12.2 Å². The summed E-state index contributed by atoms with van der Waals surface area (Å²) in [5.74, 6) is 0. The maximum Gasteiger partial charge on any atom is 0.0976 e. The molecule has 0 aliphatic heterocycles. The summed E-state index contributed by atoms with van der Waals surface area (Å²) in [7, 11) is 0. The molecule has 1 N–H and O–H groups in total. The van der Waals surface area contributed by atoms with Gasteiger partial charge in [-0.2, -0.15) is 0 Å². The summed E-state index contributed by atoms with van der Waals surface area (Å²) in [4.78, 5) is 0. The molecular weight excluding hydrogens is 153 g/mol. The molecule has 0 aliphatic carbocycles. The SMILES string of the molecule is C=C(CCC(C)F)CNC(C)C. The molecule has 72 valence electrons. The fourth-order valence-corrected chi connectivity index (χ4v) is 0.840. The van der Waals surface area contributed by atoms with Crippen molar-refractivity contribution in [3.63, 3.8) is 0 Å². The minimum Gasteiger partial charge on any atom is -0.311 e. The van der Waals surface area contributed by atoms with Crippen LogP contribution in [0.1, 0.15) is 33.6 Å². The van der Waals surface area contributed by atoms with Gasteiger partial charge < -0.3 is 5.32 Å². The average molecular weight is 173 g/mol. The van der Waals surface area contributed by atoms with E-state index in [1.165, 1.54) is 0 Å². The Hall–Kier alpha value is -0.370. The van der Waals surface area contributed by atoms with Gasteiger partial charge >= 0.3 is 0 Å². The normalized spacial score (nSPS) is 13.4. The van der Waals surface area contributed by atoms with Gasteiger partial charge in [0.15, 0.2) is 0 Å². The number of hydrogen-bond acceptors (Lipinski definition) is 1. The molecule has 1 nitrogen and oxygen atoms in total. The van der Waals surface area contributed by atoms with Gasteiger partial charge in [0.1, 0.15) is 0 Å². The summed E-state index contributed by atoms with van der Waals surface area (Å²) in [6, 6.07) is 0.476. The van der Waals surface area contributed by atoms with E-state index in [9.17, 15) is 4.39 Å². The Balaban J connectivity index is 3.34. The van der Waals surface area contributed by atoms with Crippen molar-refractivity contribution in [2.45, 2.75) is 45.8 Å². The van der Waals surface area contributed by atoms with E-state index in [1.807, 2.05) is 0 Å². The molecule has 0 amide bonds. The van der Waals surface area contributed by atoms with Gasteiger partial charge in [-0.05, 0) is 19.8 Å². The molecule has 0 spiro atoms. The van der Waals surface area contributed by atoms with Gasteiger partial charge in [0.05, 0.1) is 6.17 Å². The third-order valence-electron chi connectivity index (χ3n) is 1.66. The van der Waals surface area contributed by atoms with Crippen LogP contribution in [0, 0.1) is 0 Å². The second-order valence-electron chi connectivity index (χ2n) is 3.61. The van der Waals surface area contributed by atoms with E-state index in [-0.39, 0.29) is 0 Å². The van der Waals surface area contributed by atoms with Crippen LogP contribution >= 0.6 is 0 Å². The quantitative estimate of drug-likeness (QED) is 0.609. The summed E-state index contributed by atoms with van der Waals surface area (Å²) in [6.45, 7) is 10.4. The van der Waals surface area contributed by atoms with E-state index < -0.39 is 6.17 Å². The number of rotatable bonds is 6. The molecular formula is C10H20FN. The molecule has 0 rings (SSSR count). The van der Waals surface area contributed by atoms with Crippen LogP contribution in [-0.2, 0) is 0 Å². The Morgan fingerprint density at radius 2 is 2.00 bits per heavy atom. The minimum atomic E-state index is -0.708. The second-order valence-corrected chi connectivity index (χ2v) is 3.61. The third-order valence-corrected chi connectivity index (χ3v) is 1.66. The first kappa shape index (κ1) is 11.6. The zero-order chi connectivity index (χ0) is 9.56. The van der Waals surface area contributed by atoms with E-state index in [4.69, 9.17) is 0 Å². The highest BCUT2D eigenvalue weighted by atomic mass is 19.1. The van der Waals surface area contributed by atoms with Crippen LogP contribution in [0.15, 0.2) is 12.2 Å². The van der Waals surface area contributed by atoms with Crippen LogP contribution in [-0.4, -0.2) is 18.8 Å². The molecule has 12 heavy (non-hydrogen) atoms. The van der Waals surface area contributed by atoms with Gasteiger partial charge in [0, 0.05) is 12.6 Å². The molecule has 0 bridgehead atoms. The van der Waals surface area contributed by atoms with Crippen LogP contribution < -0.4 is 5.32 Å². The van der Waals surface area contributed by atoms with E-state index in [0.29, 0.717) is 12.5 Å². The lowest BCUT2D eigenvalue weighted by molar-refractivity contribution is 0.340. The molecule has 0 saturated heterocycles. The topological polar surface area (TPSA) is 12.0 Å². The van der Waals surface area contributed by atoms with Gasteiger partial charge in [-0.15, -0.1) is 0 Å². The van der Waals surface area contributed by atoms with Crippen molar-refractivity contribution in [2.24, 2.45) is 0 Å². The highest BCUT2D eigenvalue weighted by Crippen LogP contribution is 2.06. The number of alkyl halides is 1. The highest BCUT2D eigenvalue weighted by Gasteiger charge is 2.00. The lowest BCUT2D eigenvalue weighted by Gasteiger charge is -2.10. The molecule has 0 fully saturated rings. The predicted octanol–water partition coefficient (Wildman–Crippen LogP) is 2.68. The largest absolute Gasteiger partial charge is 0.311 e. The lowest BCUT2D eigenvalue weighted by Crippen LogP contribution is -2.24. The standard InChI is InChI=1S/C10H20FN/c1-8(2)12-7-9(3)5-6-10(4)11/h8,10,12H,3,5-7H2,1-2,4H3. The molecule has 0 aromatic heterocycles.